The van der Waals surface area contributed by atoms with Gasteiger partial charge in [-0.1, -0.05) is 0 Å². The van der Waals surface area contributed by atoms with Crippen LogP contribution in [-0.2, 0) is 11.3 Å². The highest BCUT2D eigenvalue weighted by Crippen LogP contribution is 2.39. The van der Waals surface area contributed by atoms with Crippen molar-refractivity contribution < 1.29 is 13.6 Å². The smallest absolute Gasteiger partial charge is 0.339 e. The zero-order valence-corrected chi connectivity index (χ0v) is 8.97. The highest BCUT2D eigenvalue weighted by atomic mass is 32.2. The fraction of sp³-hybridized carbons (Fsp3) is 0.714. The van der Waals surface area contributed by atoms with Gasteiger partial charge in [0.1, 0.15) is 5.66 Å². The van der Waals surface area contributed by atoms with Gasteiger partial charge < -0.3 is 4.55 Å². The summed E-state index contributed by atoms with van der Waals surface area (Å²) in [6, 6.07) is -0.365. The maximum absolute atomic E-state index is 11.5. The summed E-state index contributed by atoms with van der Waals surface area (Å²) in [6.07, 6.45) is 1.28. The number of amides is 2. The molecule has 1 fully saturated rings. The predicted octanol–water partition coefficient (Wildman–Crippen LogP) is -0.739. The lowest BCUT2D eigenvalue weighted by atomic mass is 10.3. The topological polar surface area (TPSA) is 96.9 Å². The van der Waals surface area contributed by atoms with E-state index in [0.717, 1.165) is 5.71 Å². The molecule has 0 aromatic carbocycles. The van der Waals surface area contributed by atoms with Crippen LogP contribution in [0.2, 0.25) is 0 Å². The first kappa shape index (κ1) is 10.5. The van der Waals surface area contributed by atoms with Crippen molar-refractivity contribution in [2.75, 3.05) is 6.54 Å². The third-order valence-corrected chi connectivity index (χ3v) is 3.03. The van der Waals surface area contributed by atoms with Gasteiger partial charge in [-0.15, -0.1) is 0 Å². The van der Waals surface area contributed by atoms with E-state index in [2.05, 4.69) is 15.2 Å². The standard InChI is InChI=1S/C7H12N4O3S/c1-5-4-11(6(12)9-8-5)7(2-3-7)10-15(13)14/h10H,2-4H2,1H3,(H,9,12)(H,13,14)/p-1. The molecule has 15 heavy (non-hydrogen) atoms. The second-order valence-electron chi connectivity index (χ2n) is 3.72. The molecule has 2 amide bonds. The van der Waals surface area contributed by atoms with Crippen LogP contribution in [0.25, 0.3) is 0 Å². The average molecular weight is 231 g/mol. The van der Waals surface area contributed by atoms with E-state index in [-0.39, 0.29) is 6.03 Å². The Morgan fingerprint density at radius 3 is 2.87 bits per heavy atom. The molecule has 0 spiro atoms. The van der Waals surface area contributed by atoms with E-state index in [1.54, 1.807) is 6.92 Å². The van der Waals surface area contributed by atoms with E-state index in [1.165, 1.54) is 4.90 Å². The summed E-state index contributed by atoms with van der Waals surface area (Å²) in [5.41, 5.74) is 2.36. The van der Waals surface area contributed by atoms with Crippen LogP contribution in [0.15, 0.2) is 5.10 Å². The number of carbonyl (C=O) groups excluding carboxylic acids is 1. The SMILES string of the molecule is CC1=NNC(=O)N(C2(NS(=O)[O-])CC2)C1. The fourth-order valence-corrected chi connectivity index (χ4v) is 2.21. The molecule has 7 nitrogen and oxygen atoms in total. The molecule has 0 radical (unpaired) electrons. The van der Waals surface area contributed by atoms with E-state index in [9.17, 15) is 13.6 Å². The fourth-order valence-electron chi connectivity index (χ4n) is 1.59. The number of hydrazone groups is 1. The van der Waals surface area contributed by atoms with Crippen molar-refractivity contribution in [1.82, 2.24) is 15.0 Å². The molecule has 1 aliphatic heterocycles. The summed E-state index contributed by atoms with van der Waals surface area (Å²) in [4.78, 5) is 12.9. The number of hydrogen-bond acceptors (Lipinski definition) is 4. The Bertz CT molecular complexity index is 352. The Morgan fingerprint density at radius 1 is 1.67 bits per heavy atom. The zero-order valence-electron chi connectivity index (χ0n) is 8.15. The molecule has 2 aliphatic rings. The first-order valence-corrected chi connectivity index (χ1v) is 5.59. The summed E-state index contributed by atoms with van der Waals surface area (Å²) in [5, 5.41) is 3.78. The van der Waals surface area contributed by atoms with Gasteiger partial charge >= 0.3 is 6.03 Å². The molecule has 8 heteroatoms. The van der Waals surface area contributed by atoms with Gasteiger partial charge in [0.2, 0.25) is 0 Å². The van der Waals surface area contributed by atoms with Crippen molar-refractivity contribution >= 4 is 23.0 Å². The van der Waals surface area contributed by atoms with Crippen molar-refractivity contribution in [2.45, 2.75) is 25.4 Å². The molecule has 1 saturated carbocycles. The summed E-state index contributed by atoms with van der Waals surface area (Å²) in [6.45, 7) is 2.13. The van der Waals surface area contributed by atoms with Gasteiger partial charge in [-0.2, -0.15) is 5.10 Å². The quantitative estimate of drug-likeness (QED) is 0.626. The second-order valence-corrected chi connectivity index (χ2v) is 4.39. The van der Waals surface area contributed by atoms with Crippen molar-refractivity contribution in [3.05, 3.63) is 0 Å². The monoisotopic (exact) mass is 231 g/mol. The lowest BCUT2D eigenvalue weighted by molar-refractivity contribution is 0.168. The Kier molecular flexibility index (Phi) is 2.49. The van der Waals surface area contributed by atoms with Crippen molar-refractivity contribution in [2.24, 2.45) is 5.10 Å². The van der Waals surface area contributed by atoms with Crippen LogP contribution >= 0.6 is 0 Å². The first-order valence-electron chi connectivity index (χ1n) is 4.51. The van der Waals surface area contributed by atoms with E-state index in [4.69, 9.17) is 0 Å². The molecule has 1 heterocycles. The van der Waals surface area contributed by atoms with Crippen molar-refractivity contribution in [3.63, 3.8) is 0 Å². The van der Waals surface area contributed by atoms with Gasteiger partial charge in [0, 0.05) is 11.3 Å². The highest BCUT2D eigenvalue weighted by Gasteiger charge is 2.51. The summed E-state index contributed by atoms with van der Waals surface area (Å²) in [5.74, 6) is 0. The highest BCUT2D eigenvalue weighted by molar-refractivity contribution is 7.77. The van der Waals surface area contributed by atoms with E-state index < -0.39 is 16.9 Å². The van der Waals surface area contributed by atoms with E-state index in [1.807, 2.05) is 0 Å². The van der Waals surface area contributed by atoms with Crippen molar-refractivity contribution in [1.29, 1.82) is 0 Å². The molecule has 0 aromatic heterocycles. The van der Waals surface area contributed by atoms with Crippen LogP contribution in [0.3, 0.4) is 0 Å². The molecule has 84 valence electrons. The van der Waals surface area contributed by atoms with E-state index in [0.29, 0.717) is 19.4 Å². The zero-order chi connectivity index (χ0) is 11.1. The molecule has 0 saturated heterocycles. The van der Waals surface area contributed by atoms with Crippen LogP contribution in [0.4, 0.5) is 4.79 Å². The van der Waals surface area contributed by atoms with Gasteiger partial charge in [0.25, 0.3) is 0 Å². The van der Waals surface area contributed by atoms with E-state index >= 15 is 0 Å². The molecule has 2 rings (SSSR count). The predicted molar refractivity (Wildman–Crippen MR) is 52.4 cm³/mol. The third-order valence-electron chi connectivity index (χ3n) is 2.49. The number of carbonyl (C=O) groups is 1. The summed E-state index contributed by atoms with van der Waals surface area (Å²) >= 11 is -2.36. The largest absolute Gasteiger partial charge is 0.760 e. The number of nitrogens with one attached hydrogen (secondary N) is 2. The molecule has 0 bridgehead atoms. The summed E-state index contributed by atoms with van der Waals surface area (Å²) in [7, 11) is 0. The maximum Gasteiger partial charge on any atom is 0.339 e. The molecule has 1 atom stereocenters. The molecule has 1 unspecified atom stereocenters. The van der Waals surface area contributed by atoms with Crippen LogP contribution in [0.1, 0.15) is 19.8 Å². The molecule has 1 aliphatic carbocycles. The Hall–Kier alpha value is -0.990. The lowest BCUT2D eigenvalue weighted by Crippen LogP contribution is -2.57. The van der Waals surface area contributed by atoms with Gasteiger partial charge in [0.15, 0.2) is 0 Å². The minimum Gasteiger partial charge on any atom is -0.760 e. The lowest BCUT2D eigenvalue weighted by Gasteiger charge is -2.34. The van der Waals surface area contributed by atoms with Gasteiger partial charge in [-0.05, 0) is 19.8 Å². The van der Waals surface area contributed by atoms with Crippen molar-refractivity contribution in [3.8, 4) is 0 Å². The van der Waals surface area contributed by atoms with Crippen LogP contribution in [0.5, 0.6) is 0 Å². The minimum atomic E-state index is -2.36. The minimum absolute atomic E-state index is 0.357. The molecular formula is C7H11N4O3S-. The normalized spacial score (nSPS) is 25.6. The number of urea groups is 1. The average Bonchev–Trinajstić information content (AvgIpc) is 2.89. The van der Waals surface area contributed by atoms with Gasteiger partial charge in [0.05, 0.1) is 12.3 Å². The van der Waals surface area contributed by atoms with Gasteiger partial charge in [-0.25, -0.2) is 14.9 Å². The van der Waals surface area contributed by atoms with Crippen LogP contribution in [0, 0.1) is 0 Å². The number of nitrogens with zero attached hydrogens (tertiary/aromatic N) is 2. The second kappa shape index (κ2) is 3.54. The van der Waals surface area contributed by atoms with Gasteiger partial charge in [-0.3, -0.25) is 9.11 Å². The molecule has 0 aromatic rings. The molecular weight excluding hydrogens is 220 g/mol. The third kappa shape index (κ3) is 2.01. The Morgan fingerprint density at radius 2 is 2.33 bits per heavy atom. The Labute approximate surface area is 89.3 Å². The summed E-state index contributed by atoms with van der Waals surface area (Å²) < 4.78 is 23.5. The van der Waals surface area contributed by atoms with Crippen LogP contribution in [-0.4, -0.2) is 37.6 Å². The van der Waals surface area contributed by atoms with Crippen LogP contribution < -0.4 is 10.1 Å². The first-order chi connectivity index (χ1) is 7.03. The number of hydrogen-bond donors (Lipinski definition) is 2. The molecule has 2 N–H and O–H groups in total. The maximum atomic E-state index is 11.5. The Balaban J connectivity index is 2.13. The number of rotatable bonds is 3.